The number of alkyl halides is 3. The molecule has 0 radical (unpaired) electrons. The van der Waals surface area contributed by atoms with E-state index in [0.29, 0.717) is 12.1 Å². The molecule has 0 amide bonds. The van der Waals surface area contributed by atoms with Gasteiger partial charge in [-0.2, -0.15) is 18.3 Å². The lowest BCUT2D eigenvalue weighted by molar-refractivity contribution is -0.142. The highest BCUT2D eigenvalue weighted by Crippen LogP contribution is 2.33. The molecule has 0 fully saturated rings. The minimum atomic E-state index is -5.06. The van der Waals surface area contributed by atoms with Crippen LogP contribution in [0.1, 0.15) is 11.1 Å². The highest BCUT2D eigenvalue weighted by Gasteiger charge is 2.37. The van der Waals surface area contributed by atoms with Crippen molar-refractivity contribution in [3.63, 3.8) is 0 Å². The Balaban J connectivity index is 3.34. The molecule has 2 N–H and O–H groups in total. The lowest BCUT2D eigenvalue weighted by atomic mass is 10.1. The predicted octanol–water partition coefficient (Wildman–Crippen LogP) is 2.28. The van der Waals surface area contributed by atoms with Crippen molar-refractivity contribution >= 4 is 6.21 Å². The minimum Gasteiger partial charge on any atom is -0.323 e. The fourth-order valence-electron chi connectivity index (χ4n) is 1.02. The first kappa shape index (κ1) is 11.4. The highest BCUT2D eigenvalue weighted by atomic mass is 19.4. The molecule has 0 bridgehead atoms. The maximum atomic E-state index is 12.9. The Hall–Kier alpha value is -1.66. The summed E-state index contributed by atoms with van der Waals surface area (Å²) in [5.74, 6) is 1.29. The van der Waals surface area contributed by atoms with Gasteiger partial charge in [-0.3, -0.25) is 0 Å². The van der Waals surface area contributed by atoms with E-state index in [4.69, 9.17) is 0 Å². The number of rotatable bonds is 1. The maximum Gasteiger partial charge on any atom is 0.422 e. The van der Waals surface area contributed by atoms with Gasteiger partial charge in [-0.15, -0.1) is 0 Å². The highest BCUT2D eigenvalue weighted by molar-refractivity contribution is 5.79. The smallest absolute Gasteiger partial charge is 0.323 e. The summed E-state index contributed by atoms with van der Waals surface area (Å²) in [4.78, 5) is 0. The predicted molar refractivity (Wildman–Crippen MR) is 43.1 cm³/mol. The average Bonchev–Trinajstić information content (AvgIpc) is 1.99. The third-order valence-electron chi connectivity index (χ3n) is 1.57. The molecule has 1 rings (SSSR count). The number of hydrazone groups is 1. The van der Waals surface area contributed by atoms with Crippen molar-refractivity contribution in [2.24, 2.45) is 10.9 Å². The largest absolute Gasteiger partial charge is 0.422 e. The van der Waals surface area contributed by atoms with Crippen LogP contribution in [0.4, 0.5) is 22.0 Å². The van der Waals surface area contributed by atoms with Crippen LogP contribution in [0.25, 0.3) is 0 Å². The van der Waals surface area contributed by atoms with E-state index in [1.54, 1.807) is 0 Å². The first-order chi connectivity index (χ1) is 6.86. The molecule has 0 unspecified atom stereocenters. The van der Waals surface area contributed by atoms with Gasteiger partial charge in [-0.25, -0.2) is 8.78 Å². The molecule has 1 aromatic rings. The summed E-state index contributed by atoms with van der Waals surface area (Å²) >= 11 is 0. The molecule has 0 heterocycles. The van der Waals surface area contributed by atoms with Gasteiger partial charge in [0.1, 0.15) is 17.2 Å². The molecule has 0 aromatic heterocycles. The van der Waals surface area contributed by atoms with Crippen LogP contribution < -0.4 is 5.84 Å². The van der Waals surface area contributed by atoms with Crippen LogP contribution in [0.2, 0.25) is 0 Å². The number of hydrogen-bond donors (Lipinski definition) is 1. The fraction of sp³-hybridized carbons (Fsp3) is 0.125. The van der Waals surface area contributed by atoms with Crippen molar-refractivity contribution < 1.29 is 22.0 Å². The molecule has 0 aliphatic carbocycles. The minimum absolute atomic E-state index is 0.180. The second kappa shape index (κ2) is 3.84. The summed E-state index contributed by atoms with van der Waals surface area (Å²) in [7, 11) is 0. The monoisotopic (exact) mass is 224 g/mol. The number of halogens is 5. The number of nitrogens with zero attached hydrogens (tertiary/aromatic N) is 1. The zero-order valence-electron chi connectivity index (χ0n) is 7.15. The van der Waals surface area contributed by atoms with Crippen LogP contribution in [-0.4, -0.2) is 6.21 Å². The van der Waals surface area contributed by atoms with Crippen LogP contribution >= 0.6 is 0 Å². The van der Waals surface area contributed by atoms with Gasteiger partial charge in [0.05, 0.1) is 6.21 Å². The molecule has 0 aliphatic heterocycles. The quantitative estimate of drug-likeness (QED) is 0.338. The van der Waals surface area contributed by atoms with Crippen LogP contribution in [0.3, 0.4) is 0 Å². The van der Waals surface area contributed by atoms with Crippen molar-refractivity contribution in [3.05, 3.63) is 34.9 Å². The van der Waals surface area contributed by atoms with Crippen LogP contribution in [-0.2, 0) is 6.18 Å². The van der Waals surface area contributed by atoms with Gasteiger partial charge < -0.3 is 5.84 Å². The van der Waals surface area contributed by atoms with E-state index in [1.807, 2.05) is 0 Å². The molecule has 15 heavy (non-hydrogen) atoms. The lowest BCUT2D eigenvalue weighted by Gasteiger charge is -2.09. The molecule has 0 saturated heterocycles. The van der Waals surface area contributed by atoms with Gasteiger partial charge in [0, 0.05) is 5.56 Å². The summed E-state index contributed by atoms with van der Waals surface area (Å²) in [6, 6.07) is 1.00. The van der Waals surface area contributed by atoms with E-state index in [9.17, 15) is 22.0 Å². The van der Waals surface area contributed by atoms with E-state index in [0.717, 1.165) is 6.21 Å². The lowest BCUT2D eigenvalue weighted by Crippen LogP contribution is -2.12. The Labute approximate surface area is 81.2 Å². The Morgan fingerprint density at radius 1 is 1.13 bits per heavy atom. The summed E-state index contributed by atoms with van der Waals surface area (Å²) in [6.45, 7) is 0. The van der Waals surface area contributed by atoms with E-state index in [2.05, 4.69) is 10.9 Å². The Bertz CT molecular complexity index is 374. The number of nitrogens with two attached hydrogens (primary N) is 1. The molecule has 1 aromatic carbocycles. The van der Waals surface area contributed by atoms with Crippen molar-refractivity contribution in [3.8, 4) is 0 Å². The summed E-state index contributed by atoms with van der Waals surface area (Å²) < 4.78 is 62.0. The second-order valence-corrected chi connectivity index (χ2v) is 2.64. The van der Waals surface area contributed by atoms with Gasteiger partial charge in [0.15, 0.2) is 0 Å². The summed E-state index contributed by atoms with van der Waals surface area (Å²) in [6.07, 6.45) is -4.22. The first-order valence-corrected chi connectivity index (χ1v) is 3.65. The SMILES string of the molecule is NN=Cc1cc(F)c(C(F)(F)F)c(F)c1. The average molecular weight is 224 g/mol. The van der Waals surface area contributed by atoms with E-state index in [1.165, 1.54) is 0 Å². The Morgan fingerprint density at radius 3 is 1.93 bits per heavy atom. The van der Waals surface area contributed by atoms with E-state index in [-0.39, 0.29) is 5.56 Å². The standard InChI is InChI=1S/C8H5F5N2/c9-5-1-4(3-15-14)2-6(10)7(5)8(11,12)13/h1-3H,14H2. The third kappa shape index (κ3) is 2.42. The van der Waals surface area contributed by atoms with Crippen LogP contribution in [0.5, 0.6) is 0 Å². The molecule has 0 spiro atoms. The molecular formula is C8H5F5N2. The van der Waals surface area contributed by atoms with Crippen molar-refractivity contribution in [1.82, 2.24) is 0 Å². The Kier molecular flexibility index (Phi) is 2.92. The van der Waals surface area contributed by atoms with Gasteiger partial charge in [-0.1, -0.05) is 0 Å². The third-order valence-corrected chi connectivity index (χ3v) is 1.57. The maximum absolute atomic E-state index is 12.9. The number of hydrogen-bond acceptors (Lipinski definition) is 2. The molecule has 0 saturated carbocycles. The molecular weight excluding hydrogens is 219 g/mol. The molecule has 82 valence electrons. The Morgan fingerprint density at radius 2 is 1.60 bits per heavy atom. The van der Waals surface area contributed by atoms with Gasteiger partial charge in [0.2, 0.25) is 0 Å². The second-order valence-electron chi connectivity index (χ2n) is 2.64. The first-order valence-electron chi connectivity index (χ1n) is 3.65. The molecule has 0 aliphatic rings. The van der Waals surface area contributed by atoms with E-state index < -0.39 is 23.4 Å². The molecule has 2 nitrogen and oxygen atoms in total. The van der Waals surface area contributed by atoms with E-state index >= 15 is 0 Å². The van der Waals surface area contributed by atoms with Gasteiger partial charge >= 0.3 is 6.18 Å². The fourth-order valence-corrected chi connectivity index (χ4v) is 1.02. The summed E-state index contributed by atoms with van der Waals surface area (Å²) in [5, 5.41) is 2.94. The summed E-state index contributed by atoms with van der Waals surface area (Å²) in [5.41, 5.74) is -2.10. The normalized spacial score (nSPS) is 12.3. The zero-order chi connectivity index (χ0) is 11.6. The molecule has 0 atom stereocenters. The number of benzene rings is 1. The van der Waals surface area contributed by atoms with Crippen molar-refractivity contribution in [1.29, 1.82) is 0 Å². The van der Waals surface area contributed by atoms with Gasteiger partial charge in [0.25, 0.3) is 0 Å². The van der Waals surface area contributed by atoms with Crippen molar-refractivity contribution in [2.45, 2.75) is 6.18 Å². The van der Waals surface area contributed by atoms with Gasteiger partial charge in [-0.05, 0) is 12.1 Å². The topological polar surface area (TPSA) is 38.4 Å². The van der Waals surface area contributed by atoms with Crippen LogP contribution in [0, 0.1) is 11.6 Å². The van der Waals surface area contributed by atoms with Crippen LogP contribution in [0.15, 0.2) is 17.2 Å². The van der Waals surface area contributed by atoms with Crippen molar-refractivity contribution in [2.75, 3.05) is 0 Å². The molecule has 7 heteroatoms. The zero-order valence-corrected chi connectivity index (χ0v) is 7.15.